The highest BCUT2D eigenvalue weighted by Gasteiger charge is 2.25. The van der Waals surface area contributed by atoms with E-state index >= 15 is 0 Å². The smallest absolute Gasteiger partial charge is 0.308 e. The molecule has 166 valence electrons. The average Bonchev–Trinajstić information content (AvgIpc) is 3.39. The van der Waals surface area contributed by atoms with E-state index < -0.39 is 23.7 Å². The SMILES string of the molecule is C[C@H](C(=O)O)[C@H](C)n1cc(-c2ccncc2F)c2cnc(-c3c[nH]c4ncc(Cl)cc34)nc21. The molecule has 5 aromatic heterocycles. The monoisotopic (exact) mass is 464 g/mol. The first kappa shape index (κ1) is 21.0. The molecule has 2 N–H and O–H groups in total. The van der Waals surface area contributed by atoms with Crippen molar-refractivity contribution in [1.82, 2.24) is 29.5 Å². The molecule has 0 fully saturated rings. The lowest BCUT2D eigenvalue weighted by atomic mass is 10.0. The van der Waals surface area contributed by atoms with Crippen LogP contribution in [0.2, 0.25) is 5.02 Å². The molecule has 0 aliphatic heterocycles. The number of hydrogen-bond donors (Lipinski definition) is 2. The molecule has 0 saturated heterocycles. The van der Waals surface area contributed by atoms with E-state index in [4.69, 9.17) is 16.6 Å². The molecule has 8 nitrogen and oxygen atoms in total. The van der Waals surface area contributed by atoms with Gasteiger partial charge in [0.25, 0.3) is 0 Å². The maximum atomic E-state index is 14.6. The zero-order valence-electron chi connectivity index (χ0n) is 17.6. The maximum Gasteiger partial charge on any atom is 0.308 e. The molecule has 0 aliphatic rings. The first-order valence-electron chi connectivity index (χ1n) is 10.2. The Morgan fingerprint density at radius 3 is 2.73 bits per heavy atom. The van der Waals surface area contributed by atoms with Crippen LogP contribution in [0.3, 0.4) is 0 Å². The van der Waals surface area contributed by atoms with Gasteiger partial charge in [0.05, 0.1) is 17.1 Å². The Morgan fingerprint density at radius 2 is 1.97 bits per heavy atom. The first-order valence-corrected chi connectivity index (χ1v) is 10.6. The van der Waals surface area contributed by atoms with Gasteiger partial charge in [-0.2, -0.15) is 0 Å². The van der Waals surface area contributed by atoms with Gasteiger partial charge in [-0.15, -0.1) is 0 Å². The van der Waals surface area contributed by atoms with Crippen molar-refractivity contribution < 1.29 is 14.3 Å². The summed E-state index contributed by atoms with van der Waals surface area (Å²) in [6, 6.07) is 2.89. The highest BCUT2D eigenvalue weighted by Crippen LogP contribution is 2.36. The average molecular weight is 465 g/mol. The summed E-state index contributed by atoms with van der Waals surface area (Å²) >= 11 is 6.13. The molecule has 33 heavy (non-hydrogen) atoms. The fourth-order valence-corrected chi connectivity index (χ4v) is 4.05. The van der Waals surface area contributed by atoms with Crippen molar-refractivity contribution >= 4 is 39.6 Å². The molecule has 0 amide bonds. The number of carbonyl (C=O) groups is 1. The van der Waals surface area contributed by atoms with E-state index in [1.54, 1.807) is 55.3 Å². The normalized spacial score (nSPS) is 13.5. The second-order valence-electron chi connectivity index (χ2n) is 7.86. The number of aromatic nitrogens is 6. The van der Waals surface area contributed by atoms with E-state index in [9.17, 15) is 14.3 Å². The zero-order valence-corrected chi connectivity index (χ0v) is 18.4. The van der Waals surface area contributed by atoms with Crippen molar-refractivity contribution in [2.24, 2.45) is 5.92 Å². The van der Waals surface area contributed by atoms with Gasteiger partial charge in [0.15, 0.2) is 5.82 Å². The highest BCUT2D eigenvalue weighted by atomic mass is 35.5. The number of rotatable bonds is 5. The third-order valence-corrected chi connectivity index (χ3v) is 6.13. The molecule has 0 spiro atoms. The van der Waals surface area contributed by atoms with Crippen LogP contribution in [0.5, 0.6) is 0 Å². The number of carboxylic acids is 1. The maximum absolute atomic E-state index is 14.6. The van der Waals surface area contributed by atoms with Gasteiger partial charge < -0.3 is 14.7 Å². The lowest BCUT2D eigenvalue weighted by Crippen LogP contribution is -2.21. The van der Waals surface area contributed by atoms with Crippen molar-refractivity contribution in [3.63, 3.8) is 0 Å². The Kier molecular flexibility index (Phi) is 5.05. The van der Waals surface area contributed by atoms with Crippen LogP contribution in [-0.2, 0) is 4.79 Å². The van der Waals surface area contributed by atoms with Gasteiger partial charge >= 0.3 is 5.97 Å². The quantitative estimate of drug-likeness (QED) is 0.374. The molecule has 5 rings (SSSR count). The molecule has 0 aliphatic carbocycles. The van der Waals surface area contributed by atoms with Crippen LogP contribution in [0.15, 0.2) is 49.3 Å². The number of aromatic amines is 1. The number of nitrogens with one attached hydrogen (secondary N) is 1. The van der Waals surface area contributed by atoms with Crippen molar-refractivity contribution in [3.05, 3.63) is 60.2 Å². The minimum Gasteiger partial charge on any atom is -0.481 e. The summed E-state index contributed by atoms with van der Waals surface area (Å²) < 4.78 is 16.3. The van der Waals surface area contributed by atoms with Gasteiger partial charge in [0.2, 0.25) is 0 Å². The molecule has 0 radical (unpaired) electrons. The molecular formula is C23H18ClFN6O2. The number of hydrogen-bond acceptors (Lipinski definition) is 5. The number of carboxylic acid groups (broad SMARTS) is 1. The molecule has 0 bridgehead atoms. The summed E-state index contributed by atoms with van der Waals surface area (Å²) in [5, 5.41) is 11.4. The molecule has 10 heteroatoms. The Bertz CT molecular complexity index is 1530. The Hall–Kier alpha value is -3.85. The summed E-state index contributed by atoms with van der Waals surface area (Å²) in [5.41, 5.74) is 2.73. The lowest BCUT2D eigenvalue weighted by molar-refractivity contribution is -0.142. The van der Waals surface area contributed by atoms with Crippen molar-refractivity contribution in [3.8, 4) is 22.5 Å². The van der Waals surface area contributed by atoms with Crippen molar-refractivity contribution in [2.45, 2.75) is 19.9 Å². The van der Waals surface area contributed by atoms with Crippen LogP contribution < -0.4 is 0 Å². The third kappa shape index (κ3) is 3.50. The molecule has 5 heterocycles. The first-order chi connectivity index (χ1) is 15.8. The summed E-state index contributed by atoms with van der Waals surface area (Å²) in [7, 11) is 0. The fraction of sp³-hybridized carbons (Fsp3) is 0.174. The van der Waals surface area contributed by atoms with E-state index in [-0.39, 0.29) is 0 Å². The minimum atomic E-state index is -0.937. The predicted molar refractivity (Wildman–Crippen MR) is 122 cm³/mol. The van der Waals surface area contributed by atoms with Crippen LogP contribution in [0.4, 0.5) is 4.39 Å². The molecule has 0 unspecified atom stereocenters. The van der Waals surface area contributed by atoms with E-state index in [2.05, 4.69) is 19.9 Å². The number of nitrogens with zero attached hydrogens (tertiary/aromatic N) is 5. The molecule has 0 aromatic carbocycles. The number of H-pyrrole nitrogens is 1. The number of pyridine rings is 2. The molecule has 5 aromatic rings. The van der Waals surface area contributed by atoms with Crippen molar-refractivity contribution in [1.29, 1.82) is 0 Å². The van der Waals surface area contributed by atoms with Gasteiger partial charge in [-0.05, 0) is 26.0 Å². The second kappa shape index (κ2) is 7.93. The number of halogens is 2. The highest BCUT2D eigenvalue weighted by molar-refractivity contribution is 6.31. The van der Waals surface area contributed by atoms with Gasteiger partial charge in [-0.1, -0.05) is 11.6 Å². The Morgan fingerprint density at radius 1 is 1.15 bits per heavy atom. The van der Waals surface area contributed by atoms with Gasteiger partial charge in [0.1, 0.15) is 17.1 Å². The summed E-state index contributed by atoms with van der Waals surface area (Å²) in [6.45, 7) is 3.42. The van der Waals surface area contributed by atoms with Crippen molar-refractivity contribution in [2.75, 3.05) is 0 Å². The van der Waals surface area contributed by atoms with Crippen LogP contribution in [0.1, 0.15) is 19.9 Å². The van der Waals surface area contributed by atoms with Crippen LogP contribution in [0.25, 0.3) is 44.6 Å². The number of fused-ring (bicyclic) bond motifs is 2. The van der Waals surface area contributed by atoms with E-state index in [0.29, 0.717) is 44.2 Å². The summed E-state index contributed by atoms with van der Waals surface area (Å²) in [6.07, 6.45) is 9.28. The van der Waals surface area contributed by atoms with Crippen LogP contribution >= 0.6 is 11.6 Å². The lowest BCUT2D eigenvalue weighted by Gasteiger charge is -2.18. The largest absolute Gasteiger partial charge is 0.481 e. The number of aliphatic carboxylic acids is 1. The van der Waals surface area contributed by atoms with Gasteiger partial charge in [-0.25, -0.2) is 19.3 Å². The molecule has 0 saturated carbocycles. The van der Waals surface area contributed by atoms with Gasteiger partial charge in [-0.3, -0.25) is 9.78 Å². The topological polar surface area (TPSA) is 110 Å². The summed E-state index contributed by atoms with van der Waals surface area (Å²) in [4.78, 5) is 32.1. The third-order valence-electron chi connectivity index (χ3n) is 5.92. The standard InChI is InChI=1S/C23H18ClFN6O2/c1-11(23(32)33)12(2)31-10-18(14-3-4-26-9-19(14)25)17-8-29-21(30-22(17)31)16-7-28-20-15(16)5-13(24)6-27-20/h3-12H,1-2H3,(H,27,28)(H,32,33)/t11-,12-/m0/s1. The second-order valence-corrected chi connectivity index (χ2v) is 8.29. The predicted octanol–water partition coefficient (Wildman–Crippen LogP) is 5.11. The van der Waals surface area contributed by atoms with E-state index in [0.717, 1.165) is 11.6 Å². The van der Waals surface area contributed by atoms with Gasteiger partial charge in [0, 0.05) is 64.5 Å². The Labute approximate surface area is 192 Å². The van der Waals surface area contributed by atoms with E-state index in [1.165, 1.54) is 6.20 Å². The van der Waals surface area contributed by atoms with Crippen LogP contribution in [-0.4, -0.2) is 40.6 Å². The molecule has 2 atom stereocenters. The van der Waals surface area contributed by atoms with Crippen LogP contribution in [0, 0.1) is 11.7 Å². The molecular weight excluding hydrogens is 447 g/mol. The zero-order chi connectivity index (χ0) is 23.3. The summed E-state index contributed by atoms with van der Waals surface area (Å²) in [5.74, 6) is -1.72. The fourth-order valence-electron chi connectivity index (χ4n) is 3.89. The van der Waals surface area contributed by atoms with E-state index in [1.807, 2.05) is 0 Å². The Balaban J connectivity index is 1.76. The minimum absolute atomic E-state index is 0.336.